The molecule has 124 valence electrons. The maximum Gasteiger partial charge on any atom is 0.165 e. The number of hydrogen-bond acceptors (Lipinski definition) is 4. The van der Waals surface area contributed by atoms with E-state index in [9.17, 15) is 5.11 Å². The number of phenolic OH excluding ortho intramolecular Hbond substituents is 1. The standard InChI is InChI=1S/C20H16ClN3O/c21-13-6-8-15-17(10-13)22-19(16-3-1-2-4-18(16)25)23-20(15)24-11-12-5-7-14(24)9-12/h1-8,10,12,14,25H,9,11H2. The zero-order valence-corrected chi connectivity index (χ0v) is 14.2. The van der Waals surface area contributed by atoms with E-state index >= 15 is 0 Å². The molecule has 5 heteroatoms. The molecule has 1 fully saturated rings. The van der Waals surface area contributed by atoms with Crippen molar-refractivity contribution in [1.29, 1.82) is 0 Å². The fourth-order valence-electron chi connectivity index (χ4n) is 3.84. The minimum absolute atomic E-state index is 0.178. The summed E-state index contributed by atoms with van der Waals surface area (Å²) < 4.78 is 0. The summed E-state index contributed by atoms with van der Waals surface area (Å²) in [6.07, 6.45) is 5.70. The van der Waals surface area contributed by atoms with E-state index in [1.807, 2.05) is 30.3 Å². The maximum atomic E-state index is 10.2. The van der Waals surface area contributed by atoms with Gasteiger partial charge < -0.3 is 10.0 Å². The zero-order chi connectivity index (χ0) is 17.0. The lowest BCUT2D eigenvalue weighted by Crippen LogP contribution is -2.30. The number of halogens is 1. The third kappa shape index (κ3) is 2.36. The third-order valence-corrected chi connectivity index (χ3v) is 5.27. The SMILES string of the molecule is Oc1ccccc1-c1nc(N2CC3C=CC2C3)c2ccc(Cl)cc2n1. The molecule has 1 aliphatic heterocycles. The van der Waals surface area contributed by atoms with Crippen molar-refractivity contribution >= 4 is 28.3 Å². The van der Waals surface area contributed by atoms with E-state index in [1.165, 1.54) is 0 Å². The van der Waals surface area contributed by atoms with Gasteiger partial charge in [-0.2, -0.15) is 0 Å². The van der Waals surface area contributed by atoms with E-state index in [4.69, 9.17) is 16.6 Å². The molecule has 2 bridgehead atoms. The second kappa shape index (κ2) is 5.46. The average Bonchev–Trinajstić information content (AvgIpc) is 3.24. The van der Waals surface area contributed by atoms with Gasteiger partial charge in [0.25, 0.3) is 0 Å². The predicted molar refractivity (Wildman–Crippen MR) is 100 cm³/mol. The van der Waals surface area contributed by atoms with Gasteiger partial charge in [-0.05, 0) is 42.7 Å². The Morgan fingerprint density at radius 3 is 2.72 bits per heavy atom. The van der Waals surface area contributed by atoms with Crippen molar-refractivity contribution in [2.24, 2.45) is 5.92 Å². The monoisotopic (exact) mass is 349 g/mol. The van der Waals surface area contributed by atoms with Gasteiger partial charge >= 0.3 is 0 Å². The summed E-state index contributed by atoms with van der Waals surface area (Å²) in [5, 5.41) is 11.9. The summed E-state index contributed by atoms with van der Waals surface area (Å²) in [6.45, 7) is 0.968. The Morgan fingerprint density at radius 1 is 1.08 bits per heavy atom. The van der Waals surface area contributed by atoms with Crippen LogP contribution in [0.5, 0.6) is 5.75 Å². The molecule has 4 nitrogen and oxygen atoms in total. The van der Waals surface area contributed by atoms with Crippen LogP contribution in [0.4, 0.5) is 5.82 Å². The first kappa shape index (κ1) is 14.7. The highest BCUT2D eigenvalue weighted by molar-refractivity contribution is 6.31. The van der Waals surface area contributed by atoms with Crippen LogP contribution in [0.15, 0.2) is 54.6 Å². The van der Waals surface area contributed by atoms with E-state index in [0.717, 1.165) is 29.7 Å². The first-order valence-electron chi connectivity index (χ1n) is 8.40. The number of aromatic hydroxyl groups is 1. The molecule has 1 aliphatic carbocycles. The van der Waals surface area contributed by atoms with Gasteiger partial charge in [0, 0.05) is 23.0 Å². The Kier molecular flexibility index (Phi) is 3.22. The van der Waals surface area contributed by atoms with Crippen molar-refractivity contribution in [3.05, 3.63) is 59.6 Å². The van der Waals surface area contributed by atoms with Gasteiger partial charge in [0.1, 0.15) is 11.6 Å². The first-order valence-corrected chi connectivity index (χ1v) is 8.77. The van der Waals surface area contributed by atoms with E-state index in [0.29, 0.717) is 28.4 Å². The smallest absolute Gasteiger partial charge is 0.165 e. The molecule has 2 unspecified atom stereocenters. The molecule has 2 atom stereocenters. The zero-order valence-electron chi connectivity index (χ0n) is 13.4. The lowest BCUT2D eigenvalue weighted by Gasteiger charge is -2.26. The molecule has 0 amide bonds. The number of anilines is 1. The fourth-order valence-corrected chi connectivity index (χ4v) is 4.01. The number of nitrogens with zero attached hydrogens (tertiary/aromatic N) is 3. The van der Waals surface area contributed by atoms with Gasteiger partial charge in [0.2, 0.25) is 0 Å². The second-order valence-corrected chi connectivity index (χ2v) is 7.09. The minimum Gasteiger partial charge on any atom is -0.507 e. The maximum absolute atomic E-state index is 10.2. The van der Waals surface area contributed by atoms with Crippen LogP contribution in [0, 0.1) is 5.92 Å². The van der Waals surface area contributed by atoms with Crippen LogP contribution in [0.1, 0.15) is 6.42 Å². The lowest BCUT2D eigenvalue weighted by atomic mass is 10.1. The Hall–Kier alpha value is -2.59. The molecule has 0 radical (unpaired) electrons. The Labute approximate surface area is 150 Å². The van der Waals surface area contributed by atoms with Crippen molar-refractivity contribution in [3.8, 4) is 17.1 Å². The summed E-state index contributed by atoms with van der Waals surface area (Å²) in [5.41, 5.74) is 1.42. The number of benzene rings is 2. The number of phenols is 1. The van der Waals surface area contributed by atoms with Crippen LogP contribution < -0.4 is 4.90 Å². The fraction of sp³-hybridized carbons (Fsp3) is 0.200. The topological polar surface area (TPSA) is 49.3 Å². The molecule has 3 aromatic rings. The highest BCUT2D eigenvalue weighted by atomic mass is 35.5. The number of aromatic nitrogens is 2. The molecule has 0 spiro atoms. The summed E-state index contributed by atoms with van der Waals surface area (Å²) in [6, 6.07) is 13.3. The normalized spacial score (nSPS) is 21.4. The first-order chi connectivity index (χ1) is 12.2. The van der Waals surface area contributed by atoms with Crippen LogP contribution in [-0.2, 0) is 0 Å². The molecule has 2 aliphatic rings. The molecular weight excluding hydrogens is 334 g/mol. The van der Waals surface area contributed by atoms with Crippen LogP contribution in [0.2, 0.25) is 5.02 Å². The predicted octanol–water partition coefficient (Wildman–Crippen LogP) is 4.42. The molecule has 1 saturated heterocycles. The van der Waals surface area contributed by atoms with Crippen molar-refractivity contribution < 1.29 is 5.11 Å². The van der Waals surface area contributed by atoms with Crippen LogP contribution in [-0.4, -0.2) is 27.7 Å². The molecule has 2 aromatic carbocycles. The molecule has 0 saturated carbocycles. The summed E-state index contributed by atoms with van der Waals surface area (Å²) >= 11 is 6.19. The van der Waals surface area contributed by atoms with Gasteiger partial charge in [-0.15, -0.1) is 0 Å². The van der Waals surface area contributed by atoms with Crippen LogP contribution in [0.25, 0.3) is 22.3 Å². The van der Waals surface area contributed by atoms with E-state index in [-0.39, 0.29) is 5.75 Å². The van der Waals surface area contributed by atoms with Gasteiger partial charge in [-0.1, -0.05) is 35.9 Å². The highest BCUT2D eigenvalue weighted by Gasteiger charge is 2.35. The summed E-state index contributed by atoms with van der Waals surface area (Å²) in [5.74, 6) is 2.21. The number of fused-ring (bicyclic) bond motifs is 3. The minimum atomic E-state index is 0.178. The quantitative estimate of drug-likeness (QED) is 0.696. The summed E-state index contributed by atoms with van der Waals surface area (Å²) in [7, 11) is 0. The van der Waals surface area contributed by atoms with Crippen LogP contribution >= 0.6 is 11.6 Å². The molecule has 2 heterocycles. The molecular formula is C20H16ClN3O. The Bertz CT molecular complexity index is 1020. The Morgan fingerprint density at radius 2 is 1.96 bits per heavy atom. The van der Waals surface area contributed by atoms with Crippen molar-refractivity contribution in [2.45, 2.75) is 12.5 Å². The molecule has 1 N–H and O–H groups in total. The van der Waals surface area contributed by atoms with E-state index in [2.05, 4.69) is 22.0 Å². The summed E-state index contributed by atoms with van der Waals surface area (Å²) in [4.78, 5) is 11.8. The van der Waals surface area contributed by atoms with E-state index in [1.54, 1.807) is 12.1 Å². The number of hydrogen-bond donors (Lipinski definition) is 1. The van der Waals surface area contributed by atoms with E-state index < -0.39 is 0 Å². The largest absolute Gasteiger partial charge is 0.507 e. The number of para-hydroxylation sites is 1. The van der Waals surface area contributed by atoms with Gasteiger partial charge in [0.05, 0.1) is 11.1 Å². The van der Waals surface area contributed by atoms with Gasteiger partial charge in [0.15, 0.2) is 5.82 Å². The Balaban J connectivity index is 1.75. The lowest BCUT2D eigenvalue weighted by molar-refractivity contribution is 0.477. The molecule has 25 heavy (non-hydrogen) atoms. The van der Waals surface area contributed by atoms with Crippen molar-refractivity contribution in [3.63, 3.8) is 0 Å². The van der Waals surface area contributed by atoms with Gasteiger partial charge in [-0.25, -0.2) is 9.97 Å². The van der Waals surface area contributed by atoms with Crippen molar-refractivity contribution in [2.75, 3.05) is 11.4 Å². The average molecular weight is 350 g/mol. The molecule has 5 rings (SSSR count). The van der Waals surface area contributed by atoms with Gasteiger partial charge in [-0.3, -0.25) is 0 Å². The van der Waals surface area contributed by atoms with Crippen LogP contribution in [0.3, 0.4) is 0 Å². The number of rotatable bonds is 2. The highest BCUT2D eigenvalue weighted by Crippen LogP contribution is 2.39. The van der Waals surface area contributed by atoms with Crippen molar-refractivity contribution in [1.82, 2.24) is 9.97 Å². The second-order valence-electron chi connectivity index (χ2n) is 6.65. The molecule has 1 aromatic heterocycles. The third-order valence-electron chi connectivity index (χ3n) is 5.04.